The van der Waals surface area contributed by atoms with E-state index in [1.165, 1.54) is 53.4 Å². The number of nitrogens with zero attached hydrogens (tertiary/aromatic N) is 1. The summed E-state index contributed by atoms with van der Waals surface area (Å²) in [6.45, 7) is 2.16. The average Bonchev–Trinajstić information content (AvgIpc) is 3.05. The van der Waals surface area contributed by atoms with Crippen LogP contribution in [0.1, 0.15) is 13.3 Å². The third-order valence-corrected chi connectivity index (χ3v) is 5.96. The lowest BCUT2D eigenvalue weighted by molar-refractivity contribution is -0.122. The largest absolute Gasteiger partial charge is 0.326 e. The maximum atomic E-state index is 13.1. The number of amides is 2. The lowest BCUT2D eigenvalue weighted by atomic mass is 10.1. The van der Waals surface area contributed by atoms with Crippen LogP contribution in [0.4, 0.5) is 15.8 Å². The van der Waals surface area contributed by atoms with E-state index in [1.807, 2.05) is 0 Å². The van der Waals surface area contributed by atoms with Gasteiger partial charge in [0.15, 0.2) is 0 Å². The normalized spacial score (nSPS) is 17.0. The molecule has 3 rings (SSSR count). The number of halogens is 1. The number of rotatable bonds is 6. The second kappa shape index (κ2) is 8.07. The molecule has 0 aromatic heterocycles. The van der Waals surface area contributed by atoms with Crippen LogP contribution >= 0.6 is 0 Å². The van der Waals surface area contributed by atoms with Crippen LogP contribution in [0.15, 0.2) is 53.4 Å². The van der Waals surface area contributed by atoms with Gasteiger partial charge in [-0.25, -0.2) is 17.5 Å². The first-order valence-electron chi connectivity index (χ1n) is 8.76. The van der Waals surface area contributed by atoms with Gasteiger partial charge in [-0.2, -0.15) is 0 Å². The summed E-state index contributed by atoms with van der Waals surface area (Å²) in [5, 5.41) is 2.70. The molecule has 1 unspecified atom stereocenters. The van der Waals surface area contributed by atoms with Crippen molar-refractivity contribution in [2.75, 3.05) is 23.3 Å². The molecule has 0 saturated carbocycles. The van der Waals surface area contributed by atoms with E-state index in [-0.39, 0.29) is 36.2 Å². The molecule has 0 bridgehead atoms. The predicted molar refractivity (Wildman–Crippen MR) is 103 cm³/mol. The minimum Gasteiger partial charge on any atom is -0.326 e. The second-order valence-electron chi connectivity index (χ2n) is 6.40. The summed E-state index contributed by atoms with van der Waals surface area (Å²) < 4.78 is 39.3. The van der Waals surface area contributed by atoms with Crippen LogP contribution in [0.3, 0.4) is 0 Å². The van der Waals surface area contributed by atoms with Crippen LogP contribution in [0.25, 0.3) is 0 Å². The van der Waals surface area contributed by atoms with Gasteiger partial charge >= 0.3 is 0 Å². The summed E-state index contributed by atoms with van der Waals surface area (Å²) >= 11 is 0. The molecule has 28 heavy (non-hydrogen) atoms. The number of hydrogen-bond donors (Lipinski definition) is 2. The standard InChI is InChI=1S/C19H20FN3O4S/c1-2-21-28(26,27)17-9-5-15(6-10-17)22-19(25)13-11-18(24)23(12-13)16-7-3-14(20)4-8-16/h3-10,13,21H,2,11-12H2,1H3,(H,22,25). The summed E-state index contributed by atoms with van der Waals surface area (Å²) in [7, 11) is -3.56. The Hall–Kier alpha value is -2.78. The van der Waals surface area contributed by atoms with E-state index in [4.69, 9.17) is 0 Å². The van der Waals surface area contributed by atoms with Crippen LogP contribution in [-0.2, 0) is 19.6 Å². The molecule has 1 aliphatic heterocycles. The van der Waals surface area contributed by atoms with Gasteiger partial charge in [-0.05, 0) is 48.5 Å². The van der Waals surface area contributed by atoms with Gasteiger partial charge in [0.05, 0.1) is 10.8 Å². The minimum absolute atomic E-state index is 0.0517. The molecule has 0 aliphatic carbocycles. The van der Waals surface area contributed by atoms with E-state index in [0.717, 1.165) is 0 Å². The number of benzene rings is 2. The van der Waals surface area contributed by atoms with Crippen molar-refractivity contribution in [1.29, 1.82) is 0 Å². The lowest BCUT2D eigenvalue weighted by Crippen LogP contribution is -2.28. The summed E-state index contributed by atoms with van der Waals surface area (Å²) in [5.74, 6) is -1.49. The molecule has 7 nitrogen and oxygen atoms in total. The van der Waals surface area contributed by atoms with E-state index < -0.39 is 21.8 Å². The molecule has 1 aliphatic rings. The van der Waals surface area contributed by atoms with Crippen molar-refractivity contribution in [2.45, 2.75) is 18.2 Å². The van der Waals surface area contributed by atoms with E-state index in [1.54, 1.807) is 6.92 Å². The number of nitrogens with one attached hydrogen (secondary N) is 2. The first-order chi connectivity index (χ1) is 13.3. The molecule has 0 spiro atoms. The fourth-order valence-corrected chi connectivity index (χ4v) is 4.03. The smallest absolute Gasteiger partial charge is 0.240 e. The summed E-state index contributed by atoms with van der Waals surface area (Å²) in [4.78, 5) is 26.3. The topological polar surface area (TPSA) is 95.6 Å². The van der Waals surface area contributed by atoms with Crippen molar-refractivity contribution < 1.29 is 22.4 Å². The van der Waals surface area contributed by atoms with Gasteiger partial charge in [-0.1, -0.05) is 6.92 Å². The lowest BCUT2D eigenvalue weighted by Gasteiger charge is -2.16. The molecular formula is C19H20FN3O4S. The highest BCUT2D eigenvalue weighted by molar-refractivity contribution is 7.89. The molecular weight excluding hydrogens is 385 g/mol. The highest BCUT2D eigenvalue weighted by atomic mass is 32.2. The predicted octanol–water partition coefficient (Wildman–Crippen LogP) is 2.12. The Morgan fingerprint density at radius 3 is 2.39 bits per heavy atom. The SMILES string of the molecule is CCNS(=O)(=O)c1ccc(NC(=O)C2CC(=O)N(c3ccc(F)cc3)C2)cc1. The maximum Gasteiger partial charge on any atom is 0.240 e. The molecule has 9 heteroatoms. The Bertz CT molecular complexity index is 975. The van der Waals surface area contributed by atoms with Gasteiger partial charge in [-0.3, -0.25) is 9.59 Å². The number of carbonyl (C=O) groups excluding carboxylic acids is 2. The Kier molecular flexibility index (Phi) is 5.76. The summed E-state index contributed by atoms with van der Waals surface area (Å²) in [5.41, 5.74) is 0.979. The second-order valence-corrected chi connectivity index (χ2v) is 8.16. The molecule has 2 N–H and O–H groups in total. The average molecular weight is 405 g/mol. The highest BCUT2D eigenvalue weighted by Gasteiger charge is 2.35. The molecule has 2 amide bonds. The van der Waals surface area contributed by atoms with E-state index >= 15 is 0 Å². The molecule has 0 radical (unpaired) electrons. The Balaban J connectivity index is 1.65. The van der Waals surface area contributed by atoms with Crippen molar-refractivity contribution >= 4 is 33.2 Å². The van der Waals surface area contributed by atoms with Crippen LogP contribution in [0.2, 0.25) is 0 Å². The van der Waals surface area contributed by atoms with Crippen molar-refractivity contribution in [3.63, 3.8) is 0 Å². The monoisotopic (exact) mass is 405 g/mol. The summed E-state index contributed by atoms with van der Waals surface area (Å²) in [6.07, 6.45) is 0.0517. The van der Waals surface area contributed by atoms with E-state index in [9.17, 15) is 22.4 Å². The fraction of sp³-hybridized carbons (Fsp3) is 0.263. The molecule has 1 fully saturated rings. The molecule has 1 heterocycles. The number of anilines is 2. The molecule has 1 atom stereocenters. The zero-order valence-electron chi connectivity index (χ0n) is 15.2. The Morgan fingerprint density at radius 1 is 1.14 bits per heavy atom. The van der Waals surface area contributed by atoms with E-state index in [0.29, 0.717) is 11.4 Å². The zero-order valence-corrected chi connectivity index (χ0v) is 16.0. The van der Waals surface area contributed by atoms with Crippen molar-refractivity contribution in [3.05, 3.63) is 54.3 Å². The molecule has 1 saturated heterocycles. The van der Waals surface area contributed by atoms with Crippen LogP contribution in [0.5, 0.6) is 0 Å². The first-order valence-corrected chi connectivity index (χ1v) is 10.2. The van der Waals surface area contributed by atoms with Gasteiger partial charge in [0.1, 0.15) is 5.82 Å². The zero-order chi connectivity index (χ0) is 20.3. The van der Waals surface area contributed by atoms with Gasteiger partial charge in [-0.15, -0.1) is 0 Å². The Labute approximate surface area is 162 Å². The molecule has 2 aromatic carbocycles. The van der Waals surface area contributed by atoms with Gasteiger partial charge in [0.25, 0.3) is 0 Å². The Morgan fingerprint density at radius 2 is 1.79 bits per heavy atom. The van der Waals surface area contributed by atoms with Crippen molar-refractivity contribution in [1.82, 2.24) is 4.72 Å². The third-order valence-electron chi connectivity index (χ3n) is 4.40. The molecule has 148 valence electrons. The maximum absolute atomic E-state index is 13.1. The van der Waals surface area contributed by atoms with Crippen molar-refractivity contribution in [3.8, 4) is 0 Å². The van der Waals surface area contributed by atoms with Gasteiger partial charge in [0.2, 0.25) is 21.8 Å². The quantitative estimate of drug-likeness (QED) is 0.770. The number of hydrogen-bond acceptors (Lipinski definition) is 4. The van der Waals surface area contributed by atoms with E-state index in [2.05, 4.69) is 10.0 Å². The van der Waals surface area contributed by atoms with Crippen LogP contribution < -0.4 is 14.9 Å². The van der Waals surface area contributed by atoms with Crippen LogP contribution in [0, 0.1) is 11.7 Å². The van der Waals surface area contributed by atoms with Gasteiger partial charge < -0.3 is 10.2 Å². The fourth-order valence-electron chi connectivity index (χ4n) is 2.99. The van der Waals surface area contributed by atoms with Crippen LogP contribution in [-0.4, -0.2) is 33.3 Å². The number of sulfonamides is 1. The highest BCUT2D eigenvalue weighted by Crippen LogP contribution is 2.26. The first kappa shape index (κ1) is 20.0. The number of carbonyl (C=O) groups is 2. The minimum atomic E-state index is -3.56. The third kappa shape index (κ3) is 4.37. The van der Waals surface area contributed by atoms with Crippen molar-refractivity contribution in [2.24, 2.45) is 5.92 Å². The van der Waals surface area contributed by atoms with Gasteiger partial charge in [0, 0.05) is 30.9 Å². The molecule has 2 aromatic rings. The summed E-state index contributed by atoms with van der Waals surface area (Å²) in [6, 6.07) is 11.3.